The van der Waals surface area contributed by atoms with Gasteiger partial charge in [0.05, 0.1) is 10.6 Å². The Bertz CT molecular complexity index is 1110. The number of rotatable bonds is 11. The summed E-state index contributed by atoms with van der Waals surface area (Å²) in [5.41, 5.74) is 0.880. The molecule has 0 bridgehead atoms. The van der Waals surface area contributed by atoms with Gasteiger partial charge in [0.2, 0.25) is 10.6 Å². The minimum absolute atomic E-state index is 0. The van der Waals surface area contributed by atoms with Crippen LogP contribution in [0.5, 0.6) is 0 Å². The summed E-state index contributed by atoms with van der Waals surface area (Å²) in [5, 5.41) is 5.15. The minimum atomic E-state index is -2.01. The van der Waals surface area contributed by atoms with Gasteiger partial charge in [-0.05, 0) is 46.8 Å². The molecule has 0 fully saturated rings. The first-order valence-electron chi connectivity index (χ1n) is 13.1. The Hall–Kier alpha value is -0.771. The third-order valence-corrected chi connectivity index (χ3v) is 26.8. The first kappa shape index (κ1) is 39.2. The first-order valence-corrected chi connectivity index (χ1v) is 23.5. The Morgan fingerprint density at radius 1 is 0.675 bits per heavy atom. The number of hydrogen-bond acceptors (Lipinski definition) is 6. The summed E-state index contributed by atoms with van der Waals surface area (Å²) in [4.78, 5) is 16.2. The van der Waals surface area contributed by atoms with E-state index < -0.39 is 18.4 Å². The monoisotopic (exact) mass is 750 g/mol. The van der Waals surface area contributed by atoms with Crippen molar-refractivity contribution in [1.82, 2.24) is 19.9 Å². The van der Waals surface area contributed by atoms with Crippen molar-refractivity contribution in [3.63, 3.8) is 0 Å². The maximum atomic E-state index is 5.64. The van der Waals surface area contributed by atoms with E-state index in [-0.39, 0.29) is 20.1 Å². The largest absolute Gasteiger partial charge is 0.226 e. The van der Waals surface area contributed by atoms with Gasteiger partial charge in [-0.2, -0.15) is 0 Å². The molecule has 222 valence electrons. The molecule has 0 amide bonds. The zero-order valence-corrected chi connectivity index (χ0v) is 29.1. The second kappa shape index (κ2) is 22.8. The molecule has 0 radical (unpaired) electrons. The molecular formula is C30H45Cl3N4S2Sn. The van der Waals surface area contributed by atoms with E-state index in [1.165, 1.54) is 44.7 Å². The number of thiophene rings is 2. The molecule has 40 heavy (non-hydrogen) atoms. The summed E-state index contributed by atoms with van der Waals surface area (Å²) in [5.74, 6) is 0. The normalized spacial score (nSPS) is 10.2. The molecule has 0 atom stereocenters. The predicted octanol–water partition coefficient (Wildman–Crippen LogP) is 11.7. The van der Waals surface area contributed by atoms with Gasteiger partial charge in [-0.1, -0.05) is 32.5 Å². The molecule has 4 aromatic heterocycles. The Kier molecular flexibility index (Phi) is 22.3. The Morgan fingerprint density at radius 3 is 1.60 bits per heavy atom. The predicted molar refractivity (Wildman–Crippen MR) is 185 cm³/mol. The minimum Gasteiger partial charge on any atom is -0.226 e. The SMILES string of the molecule is C.C.CCC[CH2][Sn]([CH2]CCC)([CH2]CCC)[c]1cccs1.Clc1ccnc(Cl)n1.Clc1nccc(-c2cccs2)n1. The van der Waals surface area contributed by atoms with Crippen LogP contribution >= 0.6 is 57.5 Å². The van der Waals surface area contributed by atoms with Gasteiger partial charge < -0.3 is 0 Å². The summed E-state index contributed by atoms with van der Waals surface area (Å²) >= 11 is 18.1. The number of nitrogens with zero attached hydrogens (tertiary/aromatic N) is 4. The molecule has 0 saturated heterocycles. The summed E-state index contributed by atoms with van der Waals surface area (Å²) in [6.07, 6.45) is 11.7. The summed E-state index contributed by atoms with van der Waals surface area (Å²) in [6, 6.07) is 12.2. The molecule has 0 saturated carbocycles. The van der Waals surface area contributed by atoms with Crippen LogP contribution in [0.3, 0.4) is 0 Å². The fraction of sp³-hybridized carbons (Fsp3) is 0.467. The van der Waals surface area contributed by atoms with Crippen LogP contribution in [0.2, 0.25) is 29.0 Å². The quantitative estimate of drug-likeness (QED) is 0.0870. The summed E-state index contributed by atoms with van der Waals surface area (Å²) < 4.78 is 6.67. The molecule has 4 nitrogen and oxygen atoms in total. The van der Waals surface area contributed by atoms with Crippen molar-refractivity contribution in [2.45, 2.75) is 87.5 Å². The van der Waals surface area contributed by atoms with Crippen molar-refractivity contribution < 1.29 is 0 Å². The van der Waals surface area contributed by atoms with Gasteiger partial charge in [-0.3, -0.25) is 0 Å². The number of halogens is 3. The van der Waals surface area contributed by atoms with Gasteiger partial charge in [-0.25, -0.2) is 19.9 Å². The van der Waals surface area contributed by atoms with Gasteiger partial charge in [-0.15, -0.1) is 11.3 Å². The number of hydrogen-bond donors (Lipinski definition) is 0. The van der Waals surface area contributed by atoms with Crippen molar-refractivity contribution in [3.8, 4) is 10.6 Å². The van der Waals surface area contributed by atoms with E-state index in [0.29, 0.717) is 10.4 Å². The van der Waals surface area contributed by atoms with Crippen LogP contribution < -0.4 is 2.89 Å². The van der Waals surface area contributed by atoms with E-state index in [1.807, 2.05) is 26.5 Å². The van der Waals surface area contributed by atoms with Crippen LogP contribution in [0.25, 0.3) is 10.6 Å². The molecule has 10 heteroatoms. The van der Waals surface area contributed by atoms with E-state index in [9.17, 15) is 0 Å². The Morgan fingerprint density at radius 2 is 1.20 bits per heavy atom. The third kappa shape index (κ3) is 14.4. The fourth-order valence-electron chi connectivity index (χ4n) is 4.08. The molecule has 0 N–H and O–H groups in total. The van der Waals surface area contributed by atoms with Crippen LogP contribution in [0.1, 0.15) is 74.1 Å². The maximum absolute atomic E-state index is 5.64. The van der Waals surface area contributed by atoms with Crippen molar-refractivity contribution in [2.24, 2.45) is 0 Å². The second-order valence-electron chi connectivity index (χ2n) is 8.90. The average molecular weight is 751 g/mol. The summed E-state index contributed by atoms with van der Waals surface area (Å²) in [6.45, 7) is 7.06. The van der Waals surface area contributed by atoms with Crippen LogP contribution in [0.15, 0.2) is 59.6 Å². The van der Waals surface area contributed by atoms with Gasteiger partial charge >= 0.3 is 123 Å². The van der Waals surface area contributed by atoms with E-state index >= 15 is 0 Å². The van der Waals surface area contributed by atoms with E-state index in [1.54, 1.807) is 36.9 Å². The van der Waals surface area contributed by atoms with Crippen molar-refractivity contribution in [2.75, 3.05) is 0 Å². The first-order chi connectivity index (χ1) is 18.4. The van der Waals surface area contributed by atoms with Gasteiger partial charge in [0.25, 0.3) is 0 Å². The molecule has 0 aliphatic rings. The maximum Gasteiger partial charge on any atom is 0.223 e. The fourth-order valence-corrected chi connectivity index (χ4v) is 25.1. The molecule has 4 rings (SSSR count). The van der Waals surface area contributed by atoms with E-state index in [2.05, 4.69) is 69.6 Å². The zero-order chi connectivity index (χ0) is 27.6. The van der Waals surface area contributed by atoms with Crippen molar-refractivity contribution >= 4 is 78.7 Å². The molecule has 0 aliphatic heterocycles. The standard InChI is InChI=1S/C8H5ClN2S.C4H2Cl2N2.C4H3S.3C4H9.2CH4.Sn/c9-8-10-4-3-6(11-8)7-2-1-5-12-7;5-3-1-2-7-4(6)8-3;1-2-4-5-3-1;3*1-3-4-2;;;/h1-5H;1-2H;1-3H;3*1,3-4H2,2H3;2*1H4;. The Balaban J connectivity index is 0.000000598. The van der Waals surface area contributed by atoms with Crippen LogP contribution in [-0.2, 0) is 0 Å². The molecule has 4 heterocycles. The Labute approximate surface area is 269 Å². The topological polar surface area (TPSA) is 51.6 Å². The van der Waals surface area contributed by atoms with E-state index in [0.717, 1.165) is 10.6 Å². The number of aromatic nitrogens is 4. The molecule has 0 aromatic carbocycles. The van der Waals surface area contributed by atoms with E-state index in [4.69, 9.17) is 34.8 Å². The zero-order valence-electron chi connectivity index (χ0n) is 22.4. The third-order valence-electron chi connectivity index (χ3n) is 6.06. The van der Waals surface area contributed by atoms with Crippen LogP contribution in [0, 0.1) is 0 Å². The van der Waals surface area contributed by atoms with Gasteiger partial charge in [0.1, 0.15) is 5.15 Å². The smallest absolute Gasteiger partial charge is 0.223 e. The van der Waals surface area contributed by atoms with Crippen molar-refractivity contribution in [1.29, 1.82) is 0 Å². The molecule has 4 aromatic rings. The van der Waals surface area contributed by atoms with Crippen LogP contribution in [0.4, 0.5) is 0 Å². The molecule has 0 aliphatic carbocycles. The molecule has 0 spiro atoms. The average Bonchev–Trinajstić information content (AvgIpc) is 3.65. The molecular weight excluding hydrogens is 706 g/mol. The summed E-state index contributed by atoms with van der Waals surface area (Å²) in [7, 11) is 0. The van der Waals surface area contributed by atoms with Crippen LogP contribution in [-0.4, -0.2) is 38.3 Å². The molecule has 0 unspecified atom stereocenters. The van der Waals surface area contributed by atoms with Gasteiger partial charge in [0.15, 0.2) is 0 Å². The second-order valence-corrected chi connectivity index (χ2v) is 26.0. The van der Waals surface area contributed by atoms with Gasteiger partial charge in [0, 0.05) is 12.4 Å². The van der Waals surface area contributed by atoms with Crippen molar-refractivity contribution in [3.05, 3.63) is 75.3 Å². The number of unbranched alkanes of at least 4 members (excludes halogenated alkanes) is 3.